The average Bonchev–Trinajstić information content (AvgIpc) is 2.55. The van der Waals surface area contributed by atoms with Gasteiger partial charge in [-0.2, -0.15) is 0 Å². The Balaban J connectivity index is 1.77. The van der Waals surface area contributed by atoms with Crippen molar-refractivity contribution in [3.63, 3.8) is 0 Å². The number of hydrogen-bond donors (Lipinski definition) is 2. The minimum absolute atomic E-state index is 0.111. The Bertz CT molecular complexity index is 833. The average molecular weight is 386 g/mol. The summed E-state index contributed by atoms with van der Waals surface area (Å²) in [6.45, 7) is 1.95. The Hall–Kier alpha value is -2.60. The van der Waals surface area contributed by atoms with Crippen LogP contribution in [0.25, 0.3) is 0 Å². The van der Waals surface area contributed by atoms with Crippen LogP contribution in [0.3, 0.4) is 0 Å². The Morgan fingerprint density at radius 1 is 1.21 bits per heavy atom. The maximum absolute atomic E-state index is 12.4. The molecule has 0 aliphatic carbocycles. The summed E-state index contributed by atoms with van der Waals surface area (Å²) < 4.78 is 0.877. The summed E-state index contributed by atoms with van der Waals surface area (Å²) in [5.41, 5.74) is 5.67. The molecule has 2 N–H and O–H groups in total. The summed E-state index contributed by atoms with van der Waals surface area (Å²) in [6, 6.07) is 14.9. The van der Waals surface area contributed by atoms with E-state index in [-0.39, 0.29) is 18.2 Å². The molecule has 0 unspecified atom stereocenters. The van der Waals surface area contributed by atoms with Crippen molar-refractivity contribution < 1.29 is 9.59 Å². The lowest BCUT2D eigenvalue weighted by atomic mass is 10.2. The Kier molecular flexibility index (Phi) is 4.66. The fraction of sp³-hybridized carbons (Fsp3) is 0.111. The highest BCUT2D eigenvalue weighted by atomic mass is 79.9. The van der Waals surface area contributed by atoms with Crippen molar-refractivity contribution in [1.82, 2.24) is 5.43 Å². The van der Waals surface area contributed by atoms with Crippen LogP contribution in [0.4, 0.5) is 11.4 Å². The fourth-order valence-electron chi connectivity index (χ4n) is 2.39. The van der Waals surface area contributed by atoms with Crippen molar-refractivity contribution in [1.29, 1.82) is 0 Å². The third-order valence-corrected chi connectivity index (χ3v) is 4.04. The van der Waals surface area contributed by atoms with Crippen molar-refractivity contribution in [2.24, 2.45) is 0 Å². The maximum atomic E-state index is 12.4. The zero-order chi connectivity index (χ0) is 17.1. The van der Waals surface area contributed by atoms with Crippen LogP contribution in [-0.4, -0.2) is 11.8 Å². The second kappa shape index (κ2) is 6.88. The van der Waals surface area contributed by atoms with Gasteiger partial charge in [0, 0.05) is 16.6 Å². The van der Waals surface area contributed by atoms with Crippen LogP contribution in [-0.2, 0) is 9.59 Å². The molecule has 0 radical (unpaired) electrons. The van der Waals surface area contributed by atoms with Gasteiger partial charge in [0.25, 0.3) is 5.91 Å². The molecular formula is C18H16BrN3O2. The van der Waals surface area contributed by atoms with Gasteiger partial charge in [0.05, 0.1) is 5.69 Å². The van der Waals surface area contributed by atoms with Gasteiger partial charge in [-0.15, -0.1) is 0 Å². The number of carbonyl (C=O) groups excluding carboxylic acids is 2. The standard InChI is InChI=1S/C18H16BrN3O2/c1-12-4-2-7-15(10-12)22-17(23)9-8-16(21-22)18(24)20-14-6-3-5-13(19)11-14/h2-8,10-11,21H,9H2,1H3,(H,20,24). The maximum Gasteiger partial charge on any atom is 0.273 e. The van der Waals surface area contributed by atoms with E-state index in [1.165, 1.54) is 5.01 Å². The highest BCUT2D eigenvalue weighted by Crippen LogP contribution is 2.20. The molecule has 1 aliphatic heterocycles. The summed E-state index contributed by atoms with van der Waals surface area (Å²) in [5.74, 6) is -0.405. The first-order valence-corrected chi connectivity index (χ1v) is 8.25. The summed E-state index contributed by atoms with van der Waals surface area (Å²) in [6.07, 6.45) is 1.77. The molecule has 6 heteroatoms. The fourth-order valence-corrected chi connectivity index (χ4v) is 2.79. The van der Waals surface area contributed by atoms with Crippen LogP contribution >= 0.6 is 15.9 Å². The number of nitrogens with zero attached hydrogens (tertiary/aromatic N) is 1. The van der Waals surface area contributed by atoms with E-state index in [2.05, 4.69) is 26.7 Å². The van der Waals surface area contributed by atoms with E-state index in [4.69, 9.17) is 0 Å². The third-order valence-electron chi connectivity index (χ3n) is 3.55. The minimum Gasteiger partial charge on any atom is -0.321 e. The highest BCUT2D eigenvalue weighted by Gasteiger charge is 2.24. The second-order valence-electron chi connectivity index (χ2n) is 5.47. The summed E-state index contributed by atoms with van der Waals surface area (Å²) in [4.78, 5) is 24.6. The number of amides is 2. The molecular weight excluding hydrogens is 370 g/mol. The van der Waals surface area contributed by atoms with E-state index in [0.29, 0.717) is 17.1 Å². The minimum atomic E-state index is -0.293. The molecule has 2 amide bonds. The number of benzene rings is 2. The van der Waals surface area contributed by atoms with E-state index in [1.54, 1.807) is 12.1 Å². The lowest BCUT2D eigenvalue weighted by molar-refractivity contribution is -0.119. The van der Waals surface area contributed by atoms with Crippen molar-refractivity contribution in [2.45, 2.75) is 13.3 Å². The van der Waals surface area contributed by atoms with Gasteiger partial charge >= 0.3 is 0 Å². The van der Waals surface area contributed by atoms with Crippen LogP contribution < -0.4 is 15.8 Å². The molecule has 1 aliphatic rings. The van der Waals surface area contributed by atoms with Gasteiger partial charge in [-0.3, -0.25) is 15.0 Å². The topological polar surface area (TPSA) is 61.4 Å². The normalized spacial score (nSPS) is 14.0. The largest absolute Gasteiger partial charge is 0.321 e. The van der Waals surface area contributed by atoms with Gasteiger partial charge in [-0.1, -0.05) is 34.1 Å². The van der Waals surface area contributed by atoms with Crippen LogP contribution in [0.5, 0.6) is 0 Å². The zero-order valence-corrected chi connectivity index (χ0v) is 14.6. The van der Waals surface area contributed by atoms with Crippen molar-refractivity contribution in [3.05, 3.63) is 70.3 Å². The van der Waals surface area contributed by atoms with Crippen molar-refractivity contribution in [3.8, 4) is 0 Å². The summed E-state index contributed by atoms with van der Waals surface area (Å²) in [7, 11) is 0. The quantitative estimate of drug-likeness (QED) is 0.849. The third kappa shape index (κ3) is 3.65. The number of carbonyl (C=O) groups is 2. The number of aryl methyl sites for hydroxylation is 1. The Morgan fingerprint density at radius 2 is 2.00 bits per heavy atom. The van der Waals surface area contributed by atoms with Gasteiger partial charge in [-0.25, -0.2) is 5.01 Å². The monoisotopic (exact) mass is 385 g/mol. The molecule has 0 fully saturated rings. The first-order valence-electron chi connectivity index (χ1n) is 7.46. The van der Waals surface area contributed by atoms with Gasteiger partial charge in [-0.05, 0) is 48.9 Å². The smallest absolute Gasteiger partial charge is 0.273 e. The van der Waals surface area contributed by atoms with Gasteiger partial charge < -0.3 is 5.32 Å². The van der Waals surface area contributed by atoms with Gasteiger partial charge in [0.1, 0.15) is 5.70 Å². The van der Waals surface area contributed by atoms with Gasteiger partial charge in [0.2, 0.25) is 5.91 Å². The van der Waals surface area contributed by atoms with Crippen LogP contribution in [0.15, 0.2) is 64.8 Å². The number of halogens is 1. The highest BCUT2D eigenvalue weighted by molar-refractivity contribution is 9.10. The first-order chi connectivity index (χ1) is 11.5. The van der Waals surface area contributed by atoms with Crippen molar-refractivity contribution in [2.75, 3.05) is 10.3 Å². The van der Waals surface area contributed by atoms with Gasteiger partial charge in [0.15, 0.2) is 0 Å². The molecule has 0 saturated heterocycles. The first kappa shape index (κ1) is 16.3. The molecule has 0 aromatic heterocycles. The van der Waals surface area contributed by atoms with E-state index < -0.39 is 0 Å². The zero-order valence-electron chi connectivity index (χ0n) is 13.0. The Labute approximate surface area is 148 Å². The summed E-state index contributed by atoms with van der Waals surface area (Å²) >= 11 is 3.37. The van der Waals surface area contributed by atoms with E-state index in [1.807, 2.05) is 49.4 Å². The van der Waals surface area contributed by atoms with E-state index in [9.17, 15) is 9.59 Å². The molecule has 24 heavy (non-hydrogen) atoms. The van der Waals surface area contributed by atoms with Crippen LogP contribution in [0.2, 0.25) is 0 Å². The molecule has 0 atom stereocenters. The molecule has 0 saturated carbocycles. The molecule has 3 rings (SSSR count). The number of anilines is 2. The second-order valence-corrected chi connectivity index (χ2v) is 6.38. The molecule has 5 nitrogen and oxygen atoms in total. The SMILES string of the molecule is Cc1cccc(N2NC(C(=O)Nc3cccc(Br)c3)=CCC2=O)c1. The van der Waals surface area contributed by atoms with Crippen molar-refractivity contribution >= 4 is 39.1 Å². The molecule has 2 aromatic carbocycles. The molecule has 0 bridgehead atoms. The molecule has 2 aromatic rings. The van der Waals surface area contributed by atoms with Crippen LogP contribution in [0.1, 0.15) is 12.0 Å². The predicted octanol–water partition coefficient (Wildman–Crippen LogP) is 3.52. The number of hydrogen-bond acceptors (Lipinski definition) is 3. The number of hydrazine groups is 1. The molecule has 122 valence electrons. The lowest BCUT2D eigenvalue weighted by Crippen LogP contribution is -2.47. The summed E-state index contributed by atoms with van der Waals surface area (Å²) in [5, 5.41) is 4.22. The Morgan fingerprint density at radius 3 is 2.75 bits per heavy atom. The van der Waals surface area contributed by atoms with E-state index in [0.717, 1.165) is 10.0 Å². The van der Waals surface area contributed by atoms with Crippen LogP contribution in [0, 0.1) is 6.92 Å². The number of nitrogens with one attached hydrogen (secondary N) is 2. The predicted molar refractivity (Wildman–Crippen MR) is 97.3 cm³/mol. The molecule has 0 spiro atoms. The number of rotatable bonds is 3. The molecule has 1 heterocycles. The lowest BCUT2D eigenvalue weighted by Gasteiger charge is -2.28. The van der Waals surface area contributed by atoms with E-state index >= 15 is 0 Å².